The number of carbonyl (C=O) groups is 2. The molecule has 0 radical (unpaired) electrons. The maximum atomic E-state index is 10.8. The summed E-state index contributed by atoms with van der Waals surface area (Å²) < 4.78 is 0. The van der Waals surface area contributed by atoms with Gasteiger partial charge in [-0.15, -0.1) is 0 Å². The molecule has 54 valence electrons. The predicted molar refractivity (Wildman–Crippen MR) is 34.9 cm³/mol. The molecule has 1 fully saturated rings. The summed E-state index contributed by atoms with van der Waals surface area (Å²) in [5.74, 6) is -0.620. The SMILES string of the molecule is C=C1C(=O)CN(C)NC1=O. The van der Waals surface area contributed by atoms with E-state index in [9.17, 15) is 9.59 Å². The quantitative estimate of drug-likeness (QED) is 0.350. The molecule has 0 bridgehead atoms. The lowest BCUT2D eigenvalue weighted by atomic mass is 10.1. The number of likely N-dealkylation sites (N-methyl/N-ethyl adjacent to an activating group) is 1. The highest BCUT2D eigenvalue weighted by atomic mass is 16.2. The van der Waals surface area contributed by atoms with E-state index in [0.29, 0.717) is 0 Å². The highest BCUT2D eigenvalue weighted by Crippen LogP contribution is 1.99. The van der Waals surface area contributed by atoms with Gasteiger partial charge < -0.3 is 0 Å². The molecule has 0 aromatic rings. The van der Waals surface area contributed by atoms with Gasteiger partial charge in [0.2, 0.25) is 0 Å². The van der Waals surface area contributed by atoms with Gasteiger partial charge in [-0.25, -0.2) is 5.01 Å². The molecule has 0 aliphatic carbocycles. The van der Waals surface area contributed by atoms with Gasteiger partial charge in [0.1, 0.15) is 0 Å². The van der Waals surface area contributed by atoms with Gasteiger partial charge in [0, 0.05) is 7.05 Å². The molecular weight excluding hydrogens is 132 g/mol. The van der Waals surface area contributed by atoms with E-state index in [0.717, 1.165) is 0 Å². The summed E-state index contributed by atoms with van der Waals surface area (Å²) in [4.78, 5) is 21.6. The fourth-order valence-corrected chi connectivity index (χ4v) is 0.718. The third-order valence-corrected chi connectivity index (χ3v) is 1.28. The Bertz CT molecular complexity index is 190. The molecule has 10 heavy (non-hydrogen) atoms. The summed E-state index contributed by atoms with van der Waals surface area (Å²) >= 11 is 0. The van der Waals surface area contributed by atoms with E-state index in [1.807, 2.05) is 0 Å². The van der Waals surface area contributed by atoms with E-state index in [-0.39, 0.29) is 17.9 Å². The molecule has 4 heteroatoms. The first-order valence-corrected chi connectivity index (χ1v) is 2.85. The number of hydrogen-bond donors (Lipinski definition) is 1. The Labute approximate surface area is 58.5 Å². The van der Waals surface area contributed by atoms with Crippen molar-refractivity contribution in [3.63, 3.8) is 0 Å². The second-order valence-corrected chi connectivity index (χ2v) is 2.20. The molecule has 4 nitrogen and oxygen atoms in total. The van der Waals surface area contributed by atoms with Crippen LogP contribution < -0.4 is 5.43 Å². The first-order valence-electron chi connectivity index (χ1n) is 2.85. The number of nitrogens with one attached hydrogen (secondary N) is 1. The van der Waals surface area contributed by atoms with E-state index in [1.165, 1.54) is 5.01 Å². The molecule has 1 aliphatic rings. The van der Waals surface area contributed by atoms with Crippen LogP contribution in [0.15, 0.2) is 12.2 Å². The number of amides is 1. The van der Waals surface area contributed by atoms with Crippen LogP contribution in [0.1, 0.15) is 0 Å². The van der Waals surface area contributed by atoms with E-state index < -0.39 is 5.91 Å². The number of carbonyl (C=O) groups excluding carboxylic acids is 2. The molecule has 1 saturated heterocycles. The molecule has 0 atom stereocenters. The Morgan fingerprint density at radius 3 is 2.70 bits per heavy atom. The Morgan fingerprint density at radius 2 is 2.20 bits per heavy atom. The number of Topliss-reactive ketones (excluding diaryl/α,β-unsaturated/α-hetero) is 1. The third kappa shape index (κ3) is 1.06. The molecule has 1 rings (SSSR count). The smallest absolute Gasteiger partial charge is 0.268 e. The monoisotopic (exact) mass is 140 g/mol. The fraction of sp³-hybridized carbons (Fsp3) is 0.333. The molecule has 1 aliphatic heterocycles. The molecule has 0 aromatic carbocycles. The van der Waals surface area contributed by atoms with E-state index >= 15 is 0 Å². The van der Waals surface area contributed by atoms with Crippen LogP contribution in [-0.2, 0) is 9.59 Å². The van der Waals surface area contributed by atoms with Crippen LogP contribution >= 0.6 is 0 Å². The Balaban J connectivity index is 2.76. The van der Waals surface area contributed by atoms with Gasteiger partial charge >= 0.3 is 0 Å². The predicted octanol–water partition coefficient (Wildman–Crippen LogP) is -0.912. The van der Waals surface area contributed by atoms with Gasteiger partial charge in [0.15, 0.2) is 5.78 Å². The minimum absolute atomic E-state index is 0.0399. The van der Waals surface area contributed by atoms with E-state index in [1.54, 1.807) is 7.05 Å². The second-order valence-electron chi connectivity index (χ2n) is 2.20. The zero-order chi connectivity index (χ0) is 7.72. The average Bonchev–Trinajstić information content (AvgIpc) is 1.82. The topological polar surface area (TPSA) is 49.4 Å². The van der Waals surface area contributed by atoms with Crippen molar-refractivity contribution in [2.75, 3.05) is 13.6 Å². The normalized spacial score (nSPS) is 21.1. The van der Waals surface area contributed by atoms with Gasteiger partial charge in [-0.2, -0.15) is 0 Å². The van der Waals surface area contributed by atoms with Crippen molar-refractivity contribution in [1.29, 1.82) is 0 Å². The maximum absolute atomic E-state index is 10.8. The standard InChI is InChI=1S/C6H8N2O2/c1-4-5(9)3-8(2)7-6(4)10/h1,3H2,2H3,(H,7,10). The zero-order valence-corrected chi connectivity index (χ0v) is 5.68. The van der Waals surface area contributed by atoms with Crippen molar-refractivity contribution in [2.45, 2.75) is 0 Å². The summed E-state index contributed by atoms with van der Waals surface area (Å²) in [7, 11) is 1.63. The highest BCUT2D eigenvalue weighted by Gasteiger charge is 2.23. The molecule has 0 aromatic heterocycles. The minimum atomic E-state index is -0.404. The first-order chi connectivity index (χ1) is 4.61. The Morgan fingerprint density at radius 1 is 1.60 bits per heavy atom. The molecule has 0 spiro atoms. The lowest BCUT2D eigenvalue weighted by molar-refractivity contribution is -0.130. The van der Waals surface area contributed by atoms with Crippen LogP contribution in [0.4, 0.5) is 0 Å². The zero-order valence-electron chi connectivity index (χ0n) is 5.68. The molecule has 0 unspecified atom stereocenters. The lowest BCUT2D eigenvalue weighted by Crippen LogP contribution is -2.49. The van der Waals surface area contributed by atoms with Crippen molar-refractivity contribution >= 4 is 11.7 Å². The van der Waals surface area contributed by atoms with Crippen LogP contribution in [0, 0.1) is 0 Å². The molecule has 1 N–H and O–H groups in total. The summed E-state index contributed by atoms with van der Waals surface area (Å²) in [6.45, 7) is 3.54. The second kappa shape index (κ2) is 2.22. The van der Waals surface area contributed by atoms with Crippen molar-refractivity contribution in [3.05, 3.63) is 12.2 Å². The third-order valence-electron chi connectivity index (χ3n) is 1.28. The number of rotatable bonds is 0. The van der Waals surface area contributed by atoms with Crippen molar-refractivity contribution < 1.29 is 9.59 Å². The summed E-state index contributed by atoms with van der Waals surface area (Å²) in [6.07, 6.45) is 0. The summed E-state index contributed by atoms with van der Waals surface area (Å²) in [5.41, 5.74) is 2.47. The van der Waals surface area contributed by atoms with Gasteiger partial charge in [-0.1, -0.05) is 6.58 Å². The van der Waals surface area contributed by atoms with Crippen LogP contribution in [0.5, 0.6) is 0 Å². The van der Waals surface area contributed by atoms with Gasteiger partial charge in [0.25, 0.3) is 5.91 Å². The van der Waals surface area contributed by atoms with Crippen molar-refractivity contribution in [1.82, 2.24) is 10.4 Å². The largest absolute Gasteiger partial charge is 0.292 e. The molecular formula is C6H8N2O2. The number of hydrazine groups is 1. The highest BCUT2D eigenvalue weighted by molar-refractivity contribution is 6.20. The minimum Gasteiger partial charge on any atom is -0.292 e. The number of hydrogen-bond acceptors (Lipinski definition) is 3. The van der Waals surface area contributed by atoms with Gasteiger partial charge in [-0.05, 0) is 0 Å². The average molecular weight is 140 g/mol. The van der Waals surface area contributed by atoms with E-state index in [4.69, 9.17) is 0 Å². The van der Waals surface area contributed by atoms with Gasteiger partial charge in [-0.3, -0.25) is 15.0 Å². The van der Waals surface area contributed by atoms with Crippen molar-refractivity contribution in [2.24, 2.45) is 0 Å². The maximum Gasteiger partial charge on any atom is 0.268 e. The summed E-state index contributed by atoms with van der Waals surface area (Å²) in [6, 6.07) is 0. The number of ketones is 1. The van der Waals surface area contributed by atoms with Crippen molar-refractivity contribution in [3.8, 4) is 0 Å². The van der Waals surface area contributed by atoms with Crippen LogP contribution in [0.25, 0.3) is 0 Å². The first kappa shape index (κ1) is 6.95. The van der Waals surface area contributed by atoms with Crippen LogP contribution in [0.3, 0.4) is 0 Å². The lowest BCUT2D eigenvalue weighted by Gasteiger charge is -2.22. The van der Waals surface area contributed by atoms with Crippen LogP contribution in [-0.4, -0.2) is 30.3 Å². The molecule has 1 heterocycles. The fourth-order valence-electron chi connectivity index (χ4n) is 0.718. The molecule has 0 saturated carbocycles. The summed E-state index contributed by atoms with van der Waals surface area (Å²) in [5, 5.41) is 1.43. The Hall–Kier alpha value is -1.16. The number of nitrogens with zero attached hydrogens (tertiary/aromatic N) is 1. The van der Waals surface area contributed by atoms with Gasteiger partial charge in [0.05, 0.1) is 12.1 Å². The van der Waals surface area contributed by atoms with E-state index in [2.05, 4.69) is 12.0 Å². The van der Waals surface area contributed by atoms with Crippen LogP contribution in [0.2, 0.25) is 0 Å². The molecule has 1 amide bonds. The Kier molecular flexibility index (Phi) is 1.55.